The Kier molecular flexibility index (Phi) is 5.57. The smallest absolute Gasteiger partial charge is 0.244 e. The Morgan fingerprint density at radius 1 is 1.19 bits per heavy atom. The minimum absolute atomic E-state index is 0.00866. The summed E-state index contributed by atoms with van der Waals surface area (Å²) in [6, 6.07) is 9.90. The molecule has 1 amide bonds. The van der Waals surface area contributed by atoms with Crippen LogP contribution in [-0.4, -0.2) is 37.0 Å². The second-order valence-electron chi connectivity index (χ2n) is 6.14. The Hall–Kier alpha value is -1.61. The van der Waals surface area contributed by atoms with E-state index < -0.39 is 0 Å². The Balaban J connectivity index is 1.89. The predicted molar refractivity (Wildman–Crippen MR) is 88.0 cm³/mol. The van der Waals surface area contributed by atoms with Crippen LogP contribution in [0.2, 0.25) is 0 Å². The van der Waals surface area contributed by atoms with E-state index in [1.165, 1.54) is 32.1 Å². The van der Waals surface area contributed by atoms with Crippen LogP contribution in [0.3, 0.4) is 0 Å². The number of amides is 1. The quantitative estimate of drug-likeness (QED) is 0.844. The van der Waals surface area contributed by atoms with Gasteiger partial charge in [0.1, 0.15) is 0 Å². The number of carbonyl (C=O) groups is 1. The van der Waals surface area contributed by atoms with Crippen LogP contribution in [0.4, 0.5) is 0 Å². The zero-order valence-electron chi connectivity index (χ0n) is 13.1. The van der Waals surface area contributed by atoms with Gasteiger partial charge in [-0.2, -0.15) is 0 Å². The molecule has 0 atom stereocenters. The van der Waals surface area contributed by atoms with Crippen molar-refractivity contribution in [1.82, 2.24) is 10.2 Å². The third-order valence-electron chi connectivity index (χ3n) is 4.55. The standard InChI is InChI=1S/C18H26N2O/c1-20(2)18(13-7-4-8-14-18)15-19-17(21)12-11-16-9-5-3-6-10-16/h3,5-6,9-12H,4,7-8,13-15H2,1-2H3,(H,19,21). The minimum atomic E-state index is -0.00866. The molecule has 21 heavy (non-hydrogen) atoms. The molecule has 0 heterocycles. The molecule has 1 fully saturated rings. The van der Waals surface area contributed by atoms with Gasteiger partial charge < -0.3 is 10.2 Å². The summed E-state index contributed by atoms with van der Waals surface area (Å²) < 4.78 is 0. The number of nitrogens with zero attached hydrogens (tertiary/aromatic N) is 1. The number of benzene rings is 1. The first-order valence-corrected chi connectivity index (χ1v) is 7.81. The zero-order chi connectivity index (χ0) is 15.1. The summed E-state index contributed by atoms with van der Waals surface area (Å²) in [6.07, 6.45) is 9.66. The highest BCUT2D eigenvalue weighted by molar-refractivity contribution is 5.91. The van der Waals surface area contributed by atoms with Crippen molar-refractivity contribution in [2.24, 2.45) is 0 Å². The van der Waals surface area contributed by atoms with E-state index in [4.69, 9.17) is 0 Å². The number of carbonyl (C=O) groups excluding carboxylic acids is 1. The molecule has 0 bridgehead atoms. The lowest BCUT2D eigenvalue weighted by Gasteiger charge is -2.43. The number of nitrogens with one attached hydrogen (secondary N) is 1. The van der Waals surface area contributed by atoms with Gasteiger partial charge in [-0.05, 0) is 38.6 Å². The molecule has 1 N–H and O–H groups in total. The number of rotatable bonds is 5. The fourth-order valence-corrected chi connectivity index (χ4v) is 3.04. The van der Waals surface area contributed by atoms with Crippen molar-refractivity contribution in [3.05, 3.63) is 42.0 Å². The molecule has 3 heteroatoms. The number of likely N-dealkylation sites (N-methyl/N-ethyl adjacent to an activating group) is 1. The third kappa shape index (κ3) is 4.43. The SMILES string of the molecule is CN(C)C1(CNC(=O)C=Cc2ccccc2)CCCCC1. The Morgan fingerprint density at radius 2 is 1.86 bits per heavy atom. The second-order valence-corrected chi connectivity index (χ2v) is 6.14. The van der Waals surface area contributed by atoms with Crippen LogP contribution in [0.1, 0.15) is 37.7 Å². The van der Waals surface area contributed by atoms with Crippen molar-refractivity contribution in [3.63, 3.8) is 0 Å². The van der Waals surface area contributed by atoms with Gasteiger partial charge in [0.2, 0.25) is 5.91 Å². The maximum Gasteiger partial charge on any atom is 0.244 e. The lowest BCUT2D eigenvalue weighted by Crippen LogP contribution is -2.53. The van der Waals surface area contributed by atoms with Crippen molar-refractivity contribution in [2.45, 2.75) is 37.6 Å². The fourth-order valence-electron chi connectivity index (χ4n) is 3.04. The second kappa shape index (κ2) is 7.41. The van der Waals surface area contributed by atoms with Crippen molar-refractivity contribution < 1.29 is 4.79 Å². The monoisotopic (exact) mass is 286 g/mol. The summed E-state index contributed by atoms with van der Waals surface area (Å²) in [4.78, 5) is 14.3. The lowest BCUT2D eigenvalue weighted by molar-refractivity contribution is -0.117. The summed E-state index contributed by atoms with van der Waals surface area (Å²) >= 11 is 0. The topological polar surface area (TPSA) is 32.3 Å². The normalized spacial score (nSPS) is 18.0. The van der Waals surface area contributed by atoms with Crippen molar-refractivity contribution in [1.29, 1.82) is 0 Å². The molecular formula is C18H26N2O. The zero-order valence-corrected chi connectivity index (χ0v) is 13.1. The van der Waals surface area contributed by atoms with E-state index >= 15 is 0 Å². The molecule has 114 valence electrons. The van der Waals surface area contributed by atoms with Crippen LogP contribution in [0, 0.1) is 0 Å². The highest BCUT2D eigenvalue weighted by atomic mass is 16.1. The molecule has 1 aromatic carbocycles. The maximum absolute atomic E-state index is 12.0. The summed E-state index contributed by atoms with van der Waals surface area (Å²) in [5.74, 6) is -0.00866. The van der Waals surface area contributed by atoms with Gasteiger partial charge in [0.15, 0.2) is 0 Å². The van der Waals surface area contributed by atoms with Gasteiger partial charge in [0.05, 0.1) is 0 Å². The van der Waals surface area contributed by atoms with Crippen molar-refractivity contribution in [3.8, 4) is 0 Å². The molecule has 1 aromatic rings. The van der Waals surface area contributed by atoms with E-state index in [-0.39, 0.29) is 11.4 Å². The largest absolute Gasteiger partial charge is 0.351 e. The Bertz CT molecular complexity index is 473. The first kappa shape index (κ1) is 15.8. The number of hydrogen-bond acceptors (Lipinski definition) is 2. The van der Waals surface area contributed by atoms with E-state index in [0.29, 0.717) is 0 Å². The molecule has 3 nitrogen and oxygen atoms in total. The van der Waals surface area contributed by atoms with Gasteiger partial charge in [0, 0.05) is 18.2 Å². The Labute approximate surface area is 128 Å². The summed E-state index contributed by atoms with van der Waals surface area (Å²) in [5.41, 5.74) is 1.18. The number of hydrogen-bond donors (Lipinski definition) is 1. The van der Waals surface area contributed by atoms with Gasteiger partial charge >= 0.3 is 0 Å². The summed E-state index contributed by atoms with van der Waals surface area (Å²) in [5, 5.41) is 3.08. The molecule has 0 saturated heterocycles. The highest BCUT2D eigenvalue weighted by Crippen LogP contribution is 2.31. The van der Waals surface area contributed by atoms with E-state index in [1.54, 1.807) is 6.08 Å². The van der Waals surface area contributed by atoms with Gasteiger partial charge in [-0.15, -0.1) is 0 Å². The third-order valence-corrected chi connectivity index (χ3v) is 4.55. The van der Waals surface area contributed by atoms with Crippen LogP contribution in [-0.2, 0) is 4.79 Å². The maximum atomic E-state index is 12.0. The van der Waals surface area contributed by atoms with Crippen molar-refractivity contribution >= 4 is 12.0 Å². The summed E-state index contributed by atoms with van der Waals surface area (Å²) in [7, 11) is 4.24. The average Bonchev–Trinajstić information content (AvgIpc) is 2.52. The molecular weight excluding hydrogens is 260 g/mol. The van der Waals surface area contributed by atoms with E-state index in [9.17, 15) is 4.79 Å². The van der Waals surface area contributed by atoms with Gasteiger partial charge in [-0.3, -0.25) is 4.79 Å². The molecule has 2 rings (SSSR count). The van der Waals surface area contributed by atoms with Crippen LogP contribution >= 0.6 is 0 Å². The Morgan fingerprint density at radius 3 is 2.48 bits per heavy atom. The van der Waals surface area contributed by atoms with Gasteiger partial charge in [0.25, 0.3) is 0 Å². The molecule has 1 saturated carbocycles. The van der Waals surface area contributed by atoms with Crippen LogP contribution < -0.4 is 5.32 Å². The van der Waals surface area contributed by atoms with E-state index in [0.717, 1.165) is 12.1 Å². The first-order chi connectivity index (χ1) is 10.1. The van der Waals surface area contributed by atoms with E-state index in [2.05, 4.69) is 24.3 Å². The van der Waals surface area contributed by atoms with Crippen LogP contribution in [0.5, 0.6) is 0 Å². The molecule has 0 aliphatic heterocycles. The molecule has 0 radical (unpaired) electrons. The molecule has 0 aromatic heterocycles. The highest BCUT2D eigenvalue weighted by Gasteiger charge is 2.34. The molecule has 0 unspecified atom stereocenters. The van der Waals surface area contributed by atoms with Crippen molar-refractivity contribution in [2.75, 3.05) is 20.6 Å². The summed E-state index contributed by atoms with van der Waals surface area (Å²) in [6.45, 7) is 0.734. The predicted octanol–water partition coefficient (Wildman–Crippen LogP) is 3.08. The molecule has 1 aliphatic rings. The van der Waals surface area contributed by atoms with Crippen LogP contribution in [0.15, 0.2) is 36.4 Å². The average molecular weight is 286 g/mol. The first-order valence-electron chi connectivity index (χ1n) is 7.81. The molecule has 1 aliphatic carbocycles. The van der Waals surface area contributed by atoms with Gasteiger partial charge in [-0.25, -0.2) is 0 Å². The van der Waals surface area contributed by atoms with E-state index in [1.807, 2.05) is 36.4 Å². The van der Waals surface area contributed by atoms with Gasteiger partial charge in [-0.1, -0.05) is 49.6 Å². The fraction of sp³-hybridized carbons (Fsp3) is 0.500. The molecule has 0 spiro atoms. The minimum Gasteiger partial charge on any atom is -0.351 e. The van der Waals surface area contributed by atoms with Crippen LogP contribution in [0.25, 0.3) is 6.08 Å². The lowest BCUT2D eigenvalue weighted by atomic mass is 9.80.